The van der Waals surface area contributed by atoms with Crippen molar-refractivity contribution in [1.82, 2.24) is 10.2 Å². The summed E-state index contributed by atoms with van der Waals surface area (Å²) in [5, 5.41) is 3.23. The third-order valence-electron chi connectivity index (χ3n) is 7.90. The Morgan fingerprint density at radius 1 is 0.857 bits per heavy atom. The van der Waals surface area contributed by atoms with Crippen molar-refractivity contribution >= 4 is 35.3 Å². The molecule has 4 aromatic rings. The van der Waals surface area contributed by atoms with Gasteiger partial charge in [0.05, 0.1) is 17.1 Å². The van der Waals surface area contributed by atoms with E-state index in [-0.39, 0.29) is 17.9 Å². The molecule has 42 heavy (non-hydrogen) atoms. The van der Waals surface area contributed by atoms with Crippen LogP contribution in [-0.2, 0) is 17.9 Å². The van der Waals surface area contributed by atoms with E-state index in [2.05, 4.69) is 65.7 Å². The highest BCUT2D eigenvalue weighted by molar-refractivity contribution is 8.04. The van der Waals surface area contributed by atoms with Crippen LogP contribution in [0, 0.1) is 6.92 Å². The largest absolute Gasteiger partial charge is 0.349 e. The van der Waals surface area contributed by atoms with E-state index in [0.717, 1.165) is 54.2 Å². The number of para-hydroxylation sites is 1. The molecule has 2 amide bonds. The minimum atomic E-state index is -0.0444. The first kappa shape index (κ1) is 28.0. The summed E-state index contributed by atoms with van der Waals surface area (Å²) in [4.78, 5) is 32.7. The number of nitrogens with zero attached hydrogens (tertiary/aromatic N) is 2. The van der Waals surface area contributed by atoms with E-state index in [9.17, 15) is 9.59 Å². The Morgan fingerprint density at radius 3 is 2.33 bits per heavy atom. The van der Waals surface area contributed by atoms with Crippen molar-refractivity contribution in [3.8, 4) is 0 Å². The van der Waals surface area contributed by atoms with Crippen LogP contribution in [0.2, 0.25) is 0 Å². The van der Waals surface area contributed by atoms with Gasteiger partial charge in [-0.25, -0.2) is 0 Å². The molecule has 4 aromatic carbocycles. The smallest absolute Gasteiger partial charge is 0.265 e. The van der Waals surface area contributed by atoms with E-state index in [1.54, 1.807) is 0 Å². The highest BCUT2D eigenvalue weighted by Gasteiger charge is 2.29. The van der Waals surface area contributed by atoms with E-state index < -0.39 is 0 Å². The molecule has 0 aromatic heterocycles. The number of amides is 2. The molecule has 2 aliphatic rings. The number of piperidine rings is 1. The number of rotatable bonds is 7. The summed E-state index contributed by atoms with van der Waals surface area (Å²) in [6, 6.07) is 34.6. The van der Waals surface area contributed by atoms with Crippen LogP contribution in [0.5, 0.6) is 0 Å². The molecule has 1 saturated heterocycles. The second kappa shape index (κ2) is 12.8. The molecular formula is C36H35N3O2S. The van der Waals surface area contributed by atoms with Crippen molar-refractivity contribution in [1.29, 1.82) is 0 Å². The number of carbonyl (C=O) groups excluding carboxylic acids is 2. The molecule has 0 saturated carbocycles. The standard InChI is InChI=1S/C36H35N3O2S/c1-26-8-7-11-29(22-26)25-39-32-12-5-6-13-33(32)42-34(36(39)41)23-27-14-16-30(17-15-27)35(40)37-31-18-20-38(21-19-31)24-28-9-3-2-4-10-28/h2-17,22-23,31H,18-21,24-25H2,1H3,(H,37,40)/b34-23+. The van der Waals surface area contributed by atoms with E-state index in [1.165, 1.54) is 22.9 Å². The zero-order valence-electron chi connectivity index (χ0n) is 23.8. The van der Waals surface area contributed by atoms with Gasteiger partial charge >= 0.3 is 0 Å². The predicted molar refractivity (Wildman–Crippen MR) is 171 cm³/mol. The van der Waals surface area contributed by atoms with Crippen LogP contribution in [0.1, 0.15) is 45.5 Å². The van der Waals surface area contributed by atoms with Crippen LogP contribution < -0.4 is 10.2 Å². The van der Waals surface area contributed by atoms with Gasteiger partial charge in [-0.15, -0.1) is 0 Å². The Hall–Kier alpha value is -4.13. The first-order valence-electron chi connectivity index (χ1n) is 14.5. The van der Waals surface area contributed by atoms with Gasteiger partial charge in [-0.3, -0.25) is 14.5 Å². The van der Waals surface area contributed by atoms with Gasteiger partial charge in [0.2, 0.25) is 0 Å². The van der Waals surface area contributed by atoms with Crippen molar-refractivity contribution in [2.45, 2.75) is 43.8 Å². The number of anilines is 1. The lowest BCUT2D eigenvalue weighted by Crippen LogP contribution is -2.44. The fourth-order valence-electron chi connectivity index (χ4n) is 5.64. The summed E-state index contributed by atoms with van der Waals surface area (Å²) in [7, 11) is 0. The lowest BCUT2D eigenvalue weighted by atomic mass is 10.0. The summed E-state index contributed by atoms with van der Waals surface area (Å²) < 4.78 is 0. The maximum absolute atomic E-state index is 13.7. The number of nitrogens with one attached hydrogen (secondary N) is 1. The maximum atomic E-state index is 13.7. The van der Waals surface area contributed by atoms with Gasteiger partial charge in [0.15, 0.2) is 0 Å². The molecule has 6 heteroatoms. The van der Waals surface area contributed by atoms with Gasteiger partial charge in [0.25, 0.3) is 11.8 Å². The number of fused-ring (bicyclic) bond motifs is 1. The molecule has 2 heterocycles. The first-order chi connectivity index (χ1) is 20.5. The molecule has 0 atom stereocenters. The molecule has 5 nitrogen and oxygen atoms in total. The fraction of sp³-hybridized carbons (Fsp3) is 0.222. The second-order valence-electron chi connectivity index (χ2n) is 11.1. The average Bonchev–Trinajstić information content (AvgIpc) is 3.01. The highest BCUT2D eigenvalue weighted by atomic mass is 32.2. The van der Waals surface area contributed by atoms with Crippen LogP contribution in [-0.4, -0.2) is 35.8 Å². The number of carbonyl (C=O) groups is 2. The summed E-state index contributed by atoms with van der Waals surface area (Å²) >= 11 is 1.50. The van der Waals surface area contributed by atoms with Crippen molar-refractivity contribution in [2.24, 2.45) is 0 Å². The molecule has 212 valence electrons. The number of hydrogen-bond acceptors (Lipinski definition) is 4. The third kappa shape index (κ3) is 6.67. The van der Waals surface area contributed by atoms with Gasteiger partial charge < -0.3 is 10.2 Å². The molecule has 0 radical (unpaired) electrons. The molecule has 0 unspecified atom stereocenters. The molecule has 2 aliphatic heterocycles. The van der Waals surface area contributed by atoms with Crippen LogP contribution >= 0.6 is 11.8 Å². The number of hydrogen-bond donors (Lipinski definition) is 1. The Balaban J connectivity index is 1.10. The quantitative estimate of drug-likeness (QED) is 0.240. The maximum Gasteiger partial charge on any atom is 0.265 e. The molecule has 1 fully saturated rings. The Morgan fingerprint density at radius 2 is 1.57 bits per heavy atom. The monoisotopic (exact) mass is 573 g/mol. The lowest BCUT2D eigenvalue weighted by Gasteiger charge is -2.32. The number of benzene rings is 4. The highest BCUT2D eigenvalue weighted by Crippen LogP contribution is 2.42. The number of thioether (sulfide) groups is 1. The molecule has 6 rings (SSSR count). The van der Waals surface area contributed by atoms with Crippen molar-refractivity contribution in [2.75, 3.05) is 18.0 Å². The van der Waals surface area contributed by atoms with E-state index in [1.807, 2.05) is 65.6 Å². The fourth-order valence-corrected chi connectivity index (χ4v) is 6.70. The van der Waals surface area contributed by atoms with Crippen molar-refractivity contribution < 1.29 is 9.59 Å². The van der Waals surface area contributed by atoms with E-state index in [4.69, 9.17) is 0 Å². The Kier molecular flexibility index (Phi) is 8.54. The van der Waals surface area contributed by atoms with Crippen LogP contribution in [0.15, 0.2) is 113 Å². The SMILES string of the molecule is Cc1cccc(CN2C(=O)/C(=C\c3ccc(C(=O)NC4CCN(Cc5ccccc5)CC4)cc3)Sc3ccccc32)c1. The van der Waals surface area contributed by atoms with E-state index in [0.29, 0.717) is 17.0 Å². The molecular weight excluding hydrogens is 538 g/mol. The molecule has 0 bridgehead atoms. The van der Waals surface area contributed by atoms with E-state index >= 15 is 0 Å². The van der Waals surface area contributed by atoms with Gasteiger partial charge in [-0.05, 0) is 66.8 Å². The zero-order chi connectivity index (χ0) is 28.9. The zero-order valence-corrected chi connectivity index (χ0v) is 24.6. The van der Waals surface area contributed by atoms with Crippen LogP contribution in [0.25, 0.3) is 6.08 Å². The van der Waals surface area contributed by atoms with Crippen molar-refractivity contribution in [3.05, 3.63) is 136 Å². The lowest BCUT2D eigenvalue weighted by molar-refractivity contribution is -0.114. The summed E-state index contributed by atoms with van der Waals surface area (Å²) in [5.41, 5.74) is 6.06. The summed E-state index contributed by atoms with van der Waals surface area (Å²) in [6.45, 7) is 5.48. The van der Waals surface area contributed by atoms with Gasteiger partial charge in [-0.1, -0.05) is 96.2 Å². The van der Waals surface area contributed by atoms with Crippen LogP contribution in [0.3, 0.4) is 0 Å². The summed E-state index contributed by atoms with van der Waals surface area (Å²) in [5.74, 6) is -0.0577. The second-order valence-corrected chi connectivity index (χ2v) is 12.2. The minimum Gasteiger partial charge on any atom is -0.349 e. The molecule has 1 N–H and O–H groups in total. The van der Waals surface area contributed by atoms with Gasteiger partial charge in [-0.2, -0.15) is 0 Å². The summed E-state index contributed by atoms with van der Waals surface area (Å²) in [6.07, 6.45) is 3.82. The molecule has 0 aliphatic carbocycles. The van der Waals surface area contributed by atoms with Gasteiger partial charge in [0, 0.05) is 36.1 Å². The van der Waals surface area contributed by atoms with Gasteiger partial charge in [0.1, 0.15) is 0 Å². The Labute approximate surface area is 252 Å². The topological polar surface area (TPSA) is 52.7 Å². The first-order valence-corrected chi connectivity index (χ1v) is 15.4. The third-order valence-corrected chi connectivity index (χ3v) is 8.98. The number of aryl methyl sites for hydroxylation is 1. The number of likely N-dealkylation sites (tertiary alicyclic amines) is 1. The van der Waals surface area contributed by atoms with Crippen LogP contribution in [0.4, 0.5) is 5.69 Å². The molecule has 0 spiro atoms. The Bertz CT molecular complexity index is 1590. The van der Waals surface area contributed by atoms with Crippen molar-refractivity contribution in [3.63, 3.8) is 0 Å². The minimum absolute atomic E-state index is 0.0133. The predicted octanol–water partition coefficient (Wildman–Crippen LogP) is 7.07. The normalized spacial score (nSPS) is 16.8. The average molecular weight is 574 g/mol.